The SMILES string of the molecule is CCc1cnc(N[C@H]2CCC[C@H]2NC(=O)c2cc(C)ccc2-n2nccn2)nc1. The van der Waals surface area contributed by atoms with Gasteiger partial charge in [0.05, 0.1) is 23.6 Å². The first kappa shape index (κ1) is 19.0. The monoisotopic (exact) mass is 391 g/mol. The van der Waals surface area contributed by atoms with Crippen LogP contribution in [0.2, 0.25) is 0 Å². The van der Waals surface area contributed by atoms with Crippen molar-refractivity contribution in [1.29, 1.82) is 0 Å². The Kier molecular flexibility index (Phi) is 5.50. The Bertz CT molecular complexity index is 969. The van der Waals surface area contributed by atoms with Gasteiger partial charge in [-0.1, -0.05) is 18.6 Å². The van der Waals surface area contributed by atoms with Crippen LogP contribution in [0.1, 0.15) is 47.7 Å². The van der Waals surface area contributed by atoms with Crippen LogP contribution in [0.4, 0.5) is 5.95 Å². The minimum atomic E-state index is -0.123. The summed E-state index contributed by atoms with van der Waals surface area (Å²) >= 11 is 0. The minimum Gasteiger partial charge on any atom is -0.349 e. The zero-order valence-electron chi connectivity index (χ0n) is 16.7. The number of carbonyl (C=O) groups is 1. The van der Waals surface area contributed by atoms with E-state index in [4.69, 9.17) is 0 Å². The summed E-state index contributed by atoms with van der Waals surface area (Å²) in [6.07, 6.45) is 10.7. The molecule has 1 aliphatic carbocycles. The quantitative estimate of drug-likeness (QED) is 0.670. The van der Waals surface area contributed by atoms with Gasteiger partial charge in [-0.05, 0) is 50.3 Å². The molecule has 29 heavy (non-hydrogen) atoms. The Balaban J connectivity index is 1.49. The van der Waals surface area contributed by atoms with E-state index in [1.54, 1.807) is 12.4 Å². The predicted molar refractivity (Wildman–Crippen MR) is 110 cm³/mol. The van der Waals surface area contributed by atoms with Gasteiger partial charge in [0.25, 0.3) is 5.91 Å². The third-order valence-corrected chi connectivity index (χ3v) is 5.29. The molecule has 1 aromatic carbocycles. The number of benzene rings is 1. The smallest absolute Gasteiger partial charge is 0.253 e. The van der Waals surface area contributed by atoms with Crippen molar-refractivity contribution in [3.05, 3.63) is 59.7 Å². The van der Waals surface area contributed by atoms with E-state index in [-0.39, 0.29) is 18.0 Å². The highest BCUT2D eigenvalue weighted by Gasteiger charge is 2.30. The zero-order chi connectivity index (χ0) is 20.2. The van der Waals surface area contributed by atoms with E-state index in [9.17, 15) is 4.79 Å². The number of aryl methyl sites for hydroxylation is 2. The summed E-state index contributed by atoms with van der Waals surface area (Å²) in [5.41, 5.74) is 3.34. The first-order valence-electron chi connectivity index (χ1n) is 9.99. The molecule has 4 rings (SSSR count). The maximum atomic E-state index is 13.1. The number of anilines is 1. The number of hydrogen-bond donors (Lipinski definition) is 2. The third-order valence-electron chi connectivity index (χ3n) is 5.29. The van der Waals surface area contributed by atoms with Gasteiger partial charge in [0.15, 0.2) is 0 Å². The predicted octanol–water partition coefficient (Wildman–Crippen LogP) is 2.69. The fraction of sp³-hybridized carbons (Fsp3) is 0.381. The van der Waals surface area contributed by atoms with Crippen LogP contribution in [0, 0.1) is 6.92 Å². The van der Waals surface area contributed by atoms with Gasteiger partial charge in [-0.15, -0.1) is 0 Å². The molecule has 3 aromatic rings. The summed E-state index contributed by atoms with van der Waals surface area (Å²) in [6, 6.07) is 5.81. The lowest BCUT2D eigenvalue weighted by Gasteiger charge is -2.23. The topological polar surface area (TPSA) is 97.6 Å². The Morgan fingerprint density at radius 2 is 1.86 bits per heavy atom. The van der Waals surface area contributed by atoms with Crippen LogP contribution < -0.4 is 10.6 Å². The third kappa shape index (κ3) is 4.26. The molecule has 1 aliphatic rings. The van der Waals surface area contributed by atoms with Gasteiger partial charge in [0.1, 0.15) is 0 Å². The Labute approximate surface area is 169 Å². The van der Waals surface area contributed by atoms with E-state index in [2.05, 4.69) is 37.7 Å². The fourth-order valence-corrected chi connectivity index (χ4v) is 3.68. The lowest BCUT2D eigenvalue weighted by atomic mass is 10.1. The molecule has 0 unspecified atom stereocenters. The summed E-state index contributed by atoms with van der Waals surface area (Å²) in [7, 11) is 0. The van der Waals surface area contributed by atoms with Crippen LogP contribution in [-0.4, -0.2) is 43.0 Å². The van der Waals surface area contributed by atoms with Crippen molar-refractivity contribution in [3.63, 3.8) is 0 Å². The van der Waals surface area contributed by atoms with Gasteiger partial charge >= 0.3 is 0 Å². The number of nitrogens with one attached hydrogen (secondary N) is 2. The van der Waals surface area contributed by atoms with Gasteiger partial charge < -0.3 is 10.6 Å². The standard InChI is InChI=1S/C21H25N7O/c1-3-15-12-22-21(23-13-15)27-18-6-4-5-17(18)26-20(29)16-11-14(2)7-8-19(16)28-24-9-10-25-28/h7-13,17-18H,3-6H2,1-2H3,(H,26,29)(H,22,23,27)/t17-,18+/m1/s1. The van der Waals surface area contributed by atoms with Crippen LogP contribution in [0.3, 0.4) is 0 Å². The Morgan fingerprint density at radius 1 is 1.14 bits per heavy atom. The Hall–Kier alpha value is -3.29. The van der Waals surface area contributed by atoms with Gasteiger partial charge in [-0.25, -0.2) is 9.97 Å². The molecule has 8 nitrogen and oxygen atoms in total. The number of amides is 1. The van der Waals surface area contributed by atoms with Crippen molar-refractivity contribution in [3.8, 4) is 5.69 Å². The summed E-state index contributed by atoms with van der Waals surface area (Å²) < 4.78 is 0. The highest BCUT2D eigenvalue weighted by atomic mass is 16.1. The average molecular weight is 391 g/mol. The van der Waals surface area contributed by atoms with E-state index >= 15 is 0 Å². The van der Waals surface area contributed by atoms with Crippen molar-refractivity contribution < 1.29 is 4.79 Å². The normalized spacial score (nSPS) is 18.6. The van der Waals surface area contributed by atoms with Crippen LogP contribution in [-0.2, 0) is 6.42 Å². The average Bonchev–Trinajstić information content (AvgIpc) is 3.41. The number of rotatable bonds is 6. The van der Waals surface area contributed by atoms with Gasteiger partial charge in [0, 0.05) is 24.5 Å². The summed E-state index contributed by atoms with van der Waals surface area (Å²) in [4.78, 5) is 23.4. The molecule has 1 fully saturated rings. The van der Waals surface area contributed by atoms with Gasteiger partial charge in [-0.3, -0.25) is 4.79 Å². The minimum absolute atomic E-state index is 0.0101. The highest BCUT2D eigenvalue weighted by molar-refractivity contribution is 5.98. The molecule has 2 N–H and O–H groups in total. The maximum absolute atomic E-state index is 13.1. The van der Waals surface area contributed by atoms with E-state index in [0.29, 0.717) is 17.2 Å². The van der Waals surface area contributed by atoms with E-state index in [1.807, 2.05) is 37.5 Å². The van der Waals surface area contributed by atoms with Crippen molar-refractivity contribution in [1.82, 2.24) is 30.3 Å². The highest BCUT2D eigenvalue weighted by Crippen LogP contribution is 2.23. The molecule has 2 heterocycles. The molecular weight excluding hydrogens is 366 g/mol. The lowest BCUT2D eigenvalue weighted by molar-refractivity contribution is 0.0935. The second-order valence-electron chi connectivity index (χ2n) is 7.37. The van der Waals surface area contributed by atoms with Crippen molar-refractivity contribution in [2.75, 3.05) is 5.32 Å². The molecule has 1 saturated carbocycles. The first-order valence-corrected chi connectivity index (χ1v) is 9.99. The van der Waals surface area contributed by atoms with E-state index < -0.39 is 0 Å². The number of nitrogens with zero attached hydrogens (tertiary/aromatic N) is 5. The zero-order valence-corrected chi connectivity index (χ0v) is 16.7. The molecule has 1 amide bonds. The van der Waals surface area contributed by atoms with Crippen molar-refractivity contribution in [2.24, 2.45) is 0 Å². The van der Waals surface area contributed by atoms with Crippen LogP contribution >= 0.6 is 0 Å². The van der Waals surface area contributed by atoms with Crippen LogP contribution in [0.15, 0.2) is 43.0 Å². The molecule has 2 atom stereocenters. The molecule has 0 saturated heterocycles. The van der Waals surface area contributed by atoms with E-state index in [0.717, 1.165) is 36.8 Å². The lowest BCUT2D eigenvalue weighted by Crippen LogP contribution is -2.43. The van der Waals surface area contributed by atoms with Gasteiger partial charge in [-0.2, -0.15) is 15.0 Å². The van der Waals surface area contributed by atoms with Crippen LogP contribution in [0.5, 0.6) is 0 Å². The Morgan fingerprint density at radius 3 is 2.59 bits per heavy atom. The molecular formula is C21H25N7O. The molecule has 0 bridgehead atoms. The van der Waals surface area contributed by atoms with Crippen molar-refractivity contribution >= 4 is 11.9 Å². The number of aromatic nitrogens is 5. The van der Waals surface area contributed by atoms with Gasteiger partial charge in [0.2, 0.25) is 5.95 Å². The van der Waals surface area contributed by atoms with Crippen LogP contribution in [0.25, 0.3) is 5.69 Å². The van der Waals surface area contributed by atoms with E-state index in [1.165, 1.54) is 4.80 Å². The second-order valence-corrected chi connectivity index (χ2v) is 7.37. The molecule has 150 valence electrons. The number of carbonyl (C=O) groups excluding carboxylic acids is 1. The summed E-state index contributed by atoms with van der Waals surface area (Å²) in [5.74, 6) is 0.479. The molecule has 0 radical (unpaired) electrons. The molecule has 0 aliphatic heterocycles. The largest absolute Gasteiger partial charge is 0.349 e. The molecule has 0 spiro atoms. The fourth-order valence-electron chi connectivity index (χ4n) is 3.68. The maximum Gasteiger partial charge on any atom is 0.253 e. The van der Waals surface area contributed by atoms with Crippen molar-refractivity contribution in [2.45, 2.75) is 51.6 Å². The molecule has 8 heteroatoms. The molecule has 2 aromatic heterocycles. The number of hydrogen-bond acceptors (Lipinski definition) is 6. The summed E-state index contributed by atoms with van der Waals surface area (Å²) in [6.45, 7) is 4.04. The second kappa shape index (κ2) is 8.38. The first-order chi connectivity index (χ1) is 14.1. The summed E-state index contributed by atoms with van der Waals surface area (Å²) in [5, 5.41) is 14.9.